The van der Waals surface area contributed by atoms with Gasteiger partial charge in [-0.25, -0.2) is 8.42 Å². The number of aliphatic carboxylic acids is 1. The Hall–Kier alpha value is -4.66. The molecule has 1 amide bonds. The molecule has 0 aliphatic rings. The Balaban J connectivity index is 1.50. The summed E-state index contributed by atoms with van der Waals surface area (Å²) in [6, 6.07) is 17.0. The maximum Gasteiger partial charge on any atom is 0.322 e. The number of nitrogens with zero attached hydrogens (tertiary/aromatic N) is 1. The normalized spacial score (nSPS) is 12.2. The number of amides is 1. The molecular formula is C29H27N3O7S. The molecule has 4 aromatic rings. The lowest BCUT2D eigenvalue weighted by Crippen LogP contribution is -2.44. The quantitative estimate of drug-likeness (QED) is 0.259. The molecule has 11 heteroatoms. The van der Waals surface area contributed by atoms with E-state index in [9.17, 15) is 28.4 Å². The summed E-state index contributed by atoms with van der Waals surface area (Å²) in [6.07, 6.45) is 0. The predicted octanol–water partition coefficient (Wildman–Crippen LogP) is 4.93. The fraction of sp³-hybridized carbons (Fsp3) is 0.207. The van der Waals surface area contributed by atoms with Crippen molar-refractivity contribution < 1.29 is 32.3 Å². The van der Waals surface area contributed by atoms with Gasteiger partial charge in [0, 0.05) is 11.3 Å². The second kappa shape index (κ2) is 11.2. The molecule has 3 N–H and O–H groups in total. The summed E-state index contributed by atoms with van der Waals surface area (Å²) in [5.41, 5.74) is 3.32. The van der Waals surface area contributed by atoms with Crippen LogP contribution in [0.25, 0.3) is 22.1 Å². The molecule has 40 heavy (non-hydrogen) atoms. The topological polar surface area (TPSA) is 159 Å². The number of nitrogens with one attached hydrogen (secondary N) is 2. The van der Waals surface area contributed by atoms with Crippen LogP contribution in [0, 0.1) is 24.2 Å². The number of rotatable bonds is 9. The van der Waals surface area contributed by atoms with Crippen LogP contribution < -0.4 is 14.8 Å². The van der Waals surface area contributed by atoms with Crippen LogP contribution in [0.2, 0.25) is 0 Å². The molecule has 0 saturated carbocycles. The average molecular weight is 562 g/mol. The largest absolute Gasteiger partial charge is 0.495 e. The van der Waals surface area contributed by atoms with Crippen LogP contribution in [-0.4, -0.2) is 38.6 Å². The molecule has 0 spiro atoms. The first-order valence-corrected chi connectivity index (χ1v) is 13.7. The zero-order valence-corrected chi connectivity index (χ0v) is 23.0. The Bertz CT molecular complexity index is 1730. The lowest BCUT2D eigenvalue weighted by Gasteiger charge is -2.18. The molecule has 10 nitrogen and oxygen atoms in total. The van der Waals surface area contributed by atoms with Crippen LogP contribution in [-0.2, 0) is 14.8 Å². The molecule has 0 radical (unpaired) electrons. The van der Waals surface area contributed by atoms with Gasteiger partial charge in [0.05, 0.1) is 23.0 Å². The minimum atomic E-state index is -4.03. The zero-order valence-electron chi connectivity index (χ0n) is 22.2. The third kappa shape index (κ3) is 5.54. The second-order valence-electron chi connectivity index (χ2n) is 9.42. The van der Waals surface area contributed by atoms with Gasteiger partial charge >= 0.3 is 5.97 Å². The van der Waals surface area contributed by atoms with E-state index in [0.717, 1.165) is 11.1 Å². The minimum absolute atomic E-state index is 0.0493. The SMILES string of the molecule is COc1c(C#N)ccc2oc(C(=O)Nc3ccc(-c4ccc(S(=O)(=O)N[C@H](C(=O)O)C(C)C)cc4)cc3)c(C)c12. The van der Waals surface area contributed by atoms with Gasteiger partial charge in [0.25, 0.3) is 5.91 Å². The zero-order chi connectivity index (χ0) is 29.2. The number of ether oxygens (including phenoxy) is 1. The summed E-state index contributed by atoms with van der Waals surface area (Å²) in [6.45, 7) is 4.96. The van der Waals surface area contributed by atoms with Crippen molar-refractivity contribution in [2.45, 2.75) is 31.7 Å². The standard InChI is InChI=1S/C29H27N3O7S/c1-16(2)25(29(34)35)32-40(36,37)22-12-7-19(8-13-22)18-5-10-21(11-6-18)31-28(33)26-17(3)24-23(39-26)14-9-20(15-30)27(24)38-4/h5-14,16,25,32H,1-4H3,(H,31,33)(H,34,35)/t25-/m0/s1. The fourth-order valence-corrected chi connectivity index (χ4v) is 5.63. The number of carboxylic acid groups (broad SMARTS) is 1. The molecule has 3 aromatic carbocycles. The Labute approximate surface area is 231 Å². The van der Waals surface area contributed by atoms with Crippen molar-refractivity contribution >= 4 is 38.6 Å². The Morgan fingerprint density at radius 2 is 1.60 bits per heavy atom. The van der Waals surface area contributed by atoms with E-state index in [2.05, 4.69) is 16.1 Å². The Kier molecular flexibility index (Phi) is 7.95. The maximum atomic E-state index is 13.0. The molecule has 1 aromatic heterocycles. The van der Waals surface area contributed by atoms with Gasteiger partial charge in [-0.2, -0.15) is 9.98 Å². The molecule has 1 atom stereocenters. The summed E-state index contributed by atoms with van der Waals surface area (Å²) in [5, 5.41) is 22.0. The highest BCUT2D eigenvalue weighted by Crippen LogP contribution is 2.36. The predicted molar refractivity (Wildman–Crippen MR) is 149 cm³/mol. The number of sulfonamides is 1. The maximum absolute atomic E-state index is 13.0. The number of nitriles is 1. The van der Waals surface area contributed by atoms with Crippen LogP contribution in [0.1, 0.15) is 35.5 Å². The molecule has 0 aliphatic heterocycles. The molecule has 0 bridgehead atoms. The van der Waals surface area contributed by atoms with Gasteiger partial charge in [-0.05, 0) is 60.4 Å². The minimum Gasteiger partial charge on any atom is -0.495 e. The number of carbonyl (C=O) groups excluding carboxylic acids is 1. The highest BCUT2D eigenvalue weighted by atomic mass is 32.2. The van der Waals surface area contributed by atoms with E-state index >= 15 is 0 Å². The molecule has 4 rings (SSSR count). The first-order valence-electron chi connectivity index (χ1n) is 12.2. The summed E-state index contributed by atoms with van der Waals surface area (Å²) in [7, 11) is -2.58. The number of furan rings is 1. The van der Waals surface area contributed by atoms with Crippen molar-refractivity contribution in [3.8, 4) is 22.9 Å². The van der Waals surface area contributed by atoms with Crippen molar-refractivity contribution in [2.24, 2.45) is 5.92 Å². The van der Waals surface area contributed by atoms with Gasteiger partial charge in [-0.3, -0.25) is 9.59 Å². The number of hydrogen-bond donors (Lipinski definition) is 3. The van der Waals surface area contributed by atoms with Crippen molar-refractivity contribution in [3.63, 3.8) is 0 Å². The number of carbonyl (C=O) groups is 2. The third-order valence-electron chi connectivity index (χ3n) is 6.43. The number of aryl methyl sites for hydroxylation is 1. The number of methoxy groups -OCH3 is 1. The fourth-order valence-electron chi connectivity index (χ4n) is 4.29. The highest BCUT2D eigenvalue weighted by molar-refractivity contribution is 7.89. The Morgan fingerprint density at radius 3 is 2.12 bits per heavy atom. The van der Waals surface area contributed by atoms with E-state index in [0.29, 0.717) is 33.5 Å². The second-order valence-corrected chi connectivity index (χ2v) is 11.1. The molecule has 1 heterocycles. The monoisotopic (exact) mass is 561 g/mol. The lowest BCUT2D eigenvalue weighted by atomic mass is 10.1. The van der Waals surface area contributed by atoms with E-state index in [1.807, 2.05) is 0 Å². The average Bonchev–Trinajstić information content (AvgIpc) is 3.27. The smallest absolute Gasteiger partial charge is 0.322 e. The number of anilines is 1. The van der Waals surface area contributed by atoms with Crippen molar-refractivity contribution in [1.29, 1.82) is 5.26 Å². The van der Waals surface area contributed by atoms with Gasteiger partial charge in [0.1, 0.15) is 23.4 Å². The van der Waals surface area contributed by atoms with Crippen molar-refractivity contribution in [2.75, 3.05) is 12.4 Å². The van der Waals surface area contributed by atoms with E-state index in [1.54, 1.807) is 69.3 Å². The first kappa shape index (κ1) is 28.4. The van der Waals surface area contributed by atoms with Crippen LogP contribution in [0.15, 0.2) is 70.0 Å². The number of benzene rings is 3. The van der Waals surface area contributed by atoms with E-state index < -0.39 is 33.9 Å². The van der Waals surface area contributed by atoms with Gasteiger partial charge in [-0.15, -0.1) is 0 Å². The number of fused-ring (bicyclic) bond motifs is 1. The first-order chi connectivity index (χ1) is 19.0. The van der Waals surface area contributed by atoms with Crippen LogP contribution in [0.3, 0.4) is 0 Å². The van der Waals surface area contributed by atoms with Gasteiger partial charge in [-0.1, -0.05) is 38.1 Å². The summed E-state index contributed by atoms with van der Waals surface area (Å²) >= 11 is 0. The number of hydrogen-bond acceptors (Lipinski definition) is 7. The van der Waals surface area contributed by atoms with Crippen LogP contribution in [0.5, 0.6) is 5.75 Å². The summed E-state index contributed by atoms with van der Waals surface area (Å²) < 4.78 is 38.7. The van der Waals surface area contributed by atoms with E-state index in [1.165, 1.54) is 19.2 Å². The van der Waals surface area contributed by atoms with Gasteiger partial charge in [0.2, 0.25) is 10.0 Å². The van der Waals surface area contributed by atoms with Gasteiger partial charge in [0.15, 0.2) is 5.76 Å². The third-order valence-corrected chi connectivity index (χ3v) is 7.89. The van der Waals surface area contributed by atoms with Crippen molar-refractivity contribution in [1.82, 2.24) is 4.72 Å². The van der Waals surface area contributed by atoms with Crippen molar-refractivity contribution in [3.05, 3.63) is 77.6 Å². The molecule has 0 saturated heterocycles. The Morgan fingerprint density at radius 1 is 1.00 bits per heavy atom. The molecule has 0 unspecified atom stereocenters. The molecule has 0 aliphatic carbocycles. The van der Waals surface area contributed by atoms with Crippen LogP contribution in [0.4, 0.5) is 5.69 Å². The van der Waals surface area contributed by atoms with Gasteiger partial charge < -0.3 is 19.6 Å². The molecular weight excluding hydrogens is 534 g/mol. The lowest BCUT2D eigenvalue weighted by molar-refractivity contribution is -0.140. The molecule has 0 fully saturated rings. The van der Waals surface area contributed by atoms with Crippen LogP contribution >= 0.6 is 0 Å². The summed E-state index contributed by atoms with van der Waals surface area (Å²) in [4.78, 5) is 24.3. The molecule has 206 valence electrons. The highest BCUT2D eigenvalue weighted by Gasteiger charge is 2.28. The van der Waals surface area contributed by atoms with E-state index in [-0.39, 0.29) is 10.7 Å². The van der Waals surface area contributed by atoms with E-state index in [4.69, 9.17) is 9.15 Å². The number of carboxylic acids is 1. The summed E-state index contributed by atoms with van der Waals surface area (Å²) in [5.74, 6) is -1.70.